The number of carbonyl (C=O) groups is 1. The minimum absolute atomic E-state index is 0.0881. The summed E-state index contributed by atoms with van der Waals surface area (Å²) < 4.78 is 59.1. The Morgan fingerprint density at radius 1 is 1.35 bits per heavy atom. The van der Waals surface area contributed by atoms with Gasteiger partial charge in [0.15, 0.2) is 6.61 Å². The smallest absolute Gasteiger partial charge is 0.422 e. The number of anilines is 1. The number of amides is 1. The first-order valence-electron chi connectivity index (χ1n) is 6.72. The van der Waals surface area contributed by atoms with E-state index in [4.69, 9.17) is 4.74 Å². The summed E-state index contributed by atoms with van der Waals surface area (Å²) in [6.45, 7) is 0.295. The maximum Gasteiger partial charge on any atom is 0.422 e. The summed E-state index contributed by atoms with van der Waals surface area (Å²) >= 11 is 0. The standard InChI is InChI=1S/C14H18F4N2O3/c1-9(7-22-2)20-13(21)6-19-11-4-3-10(15)5-12(11)23-8-14(16,17)18/h3-5,9,19H,6-8H2,1-2H3,(H,20,21)/t9-/m1/s1. The second-order valence-electron chi connectivity index (χ2n) is 4.82. The lowest BCUT2D eigenvalue weighted by Crippen LogP contribution is -2.39. The Morgan fingerprint density at radius 3 is 2.65 bits per heavy atom. The first-order valence-corrected chi connectivity index (χ1v) is 6.72. The molecular weight excluding hydrogens is 320 g/mol. The SMILES string of the molecule is COC[C@@H](C)NC(=O)CNc1ccc(F)cc1OCC(F)(F)F. The highest BCUT2D eigenvalue weighted by Gasteiger charge is 2.29. The van der Waals surface area contributed by atoms with E-state index < -0.39 is 18.6 Å². The molecule has 23 heavy (non-hydrogen) atoms. The van der Waals surface area contributed by atoms with Crippen LogP contribution in [-0.4, -0.2) is 45.0 Å². The van der Waals surface area contributed by atoms with Crippen LogP contribution >= 0.6 is 0 Å². The minimum atomic E-state index is -4.55. The van der Waals surface area contributed by atoms with Gasteiger partial charge in [0, 0.05) is 19.2 Å². The second-order valence-corrected chi connectivity index (χ2v) is 4.82. The summed E-state index contributed by atoms with van der Waals surface area (Å²) in [7, 11) is 1.49. The highest BCUT2D eigenvalue weighted by molar-refractivity contribution is 5.81. The van der Waals surface area contributed by atoms with E-state index in [0.717, 1.165) is 12.1 Å². The van der Waals surface area contributed by atoms with Crippen molar-refractivity contribution in [2.24, 2.45) is 0 Å². The molecule has 5 nitrogen and oxygen atoms in total. The van der Waals surface area contributed by atoms with E-state index in [1.165, 1.54) is 13.2 Å². The van der Waals surface area contributed by atoms with E-state index in [2.05, 4.69) is 15.4 Å². The van der Waals surface area contributed by atoms with Gasteiger partial charge in [-0.1, -0.05) is 0 Å². The van der Waals surface area contributed by atoms with E-state index in [1.807, 2.05) is 0 Å². The first-order chi connectivity index (χ1) is 10.7. The molecule has 0 spiro atoms. The number of alkyl halides is 3. The molecule has 0 saturated carbocycles. The Morgan fingerprint density at radius 2 is 2.04 bits per heavy atom. The lowest BCUT2D eigenvalue weighted by atomic mass is 10.2. The third kappa shape index (κ3) is 7.68. The maximum absolute atomic E-state index is 13.1. The lowest BCUT2D eigenvalue weighted by molar-refractivity contribution is -0.153. The molecule has 1 aromatic carbocycles. The molecule has 0 aromatic heterocycles. The largest absolute Gasteiger partial charge is 0.482 e. The molecule has 1 atom stereocenters. The molecule has 0 heterocycles. The number of methoxy groups -OCH3 is 1. The highest BCUT2D eigenvalue weighted by atomic mass is 19.4. The molecule has 9 heteroatoms. The van der Waals surface area contributed by atoms with Crippen LogP contribution < -0.4 is 15.4 Å². The monoisotopic (exact) mass is 338 g/mol. The number of nitrogens with one attached hydrogen (secondary N) is 2. The molecule has 130 valence electrons. The molecule has 0 radical (unpaired) electrons. The van der Waals surface area contributed by atoms with E-state index in [-0.39, 0.29) is 29.9 Å². The fourth-order valence-corrected chi connectivity index (χ4v) is 1.71. The van der Waals surface area contributed by atoms with Crippen LogP contribution in [0.15, 0.2) is 18.2 Å². The summed E-state index contributed by atoms with van der Waals surface area (Å²) in [5.41, 5.74) is 0.0881. The van der Waals surface area contributed by atoms with Gasteiger partial charge in [-0.05, 0) is 19.1 Å². The van der Waals surface area contributed by atoms with Crippen molar-refractivity contribution >= 4 is 11.6 Å². The summed E-state index contributed by atoms with van der Waals surface area (Å²) in [6.07, 6.45) is -4.55. The molecular formula is C14H18F4N2O3. The Bertz CT molecular complexity index is 523. The zero-order valence-electron chi connectivity index (χ0n) is 12.7. The van der Waals surface area contributed by atoms with E-state index in [0.29, 0.717) is 6.61 Å². The van der Waals surface area contributed by atoms with Crippen molar-refractivity contribution in [3.8, 4) is 5.75 Å². The van der Waals surface area contributed by atoms with Crippen LogP contribution in [0, 0.1) is 5.82 Å². The summed E-state index contributed by atoms with van der Waals surface area (Å²) in [6, 6.07) is 2.85. The molecule has 1 amide bonds. The van der Waals surface area contributed by atoms with Crippen molar-refractivity contribution in [2.75, 3.05) is 32.2 Å². The number of hydrogen-bond donors (Lipinski definition) is 2. The topological polar surface area (TPSA) is 59.6 Å². The molecule has 0 bridgehead atoms. The number of halogens is 4. The van der Waals surface area contributed by atoms with Gasteiger partial charge in [-0.15, -0.1) is 0 Å². The van der Waals surface area contributed by atoms with Crippen molar-refractivity contribution < 1.29 is 31.8 Å². The van der Waals surface area contributed by atoms with Gasteiger partial charge in [0.2, 0.25) is 5.91 Å². The van der Waals surface area contributed by atoms with Gasteiger partial charge in [0.25, 0.3) is 0 Å². The van der Waals surface area contributed by atoms with Gasteiger partial charge < -0.3 is 20.1 Å². The first kappa shape index (κ1) is 19.0. The predicted molar refractivity (Wildman–Crippen MR) is 75.9 cm³/mol. The van der Waals surface area contributed by atoms with Crippen molar-refractivity contribution in [1.82, 2.24) is 5.32 Å². The fourth-order valence-electron chi connectivity index (χ4n) is 1.71. The van der Waals surface area contributed by atoms with Crippen molar-refractivity contribution in [2.45, 2.75) is 19.1 Å². The van der Waals surface area contributed by atoms with Crippen LogP contribution in [0.5, 0.6) is 5.75 Å². The molecule has 1 aromatic rings. The molecule has 2 N–H and O–H groups in total. The molecule has 0 aliphatic rings. The predicted octanol–water partition coefficient (Wildman–Crippen LogP) is 2.33. The second kappa shape index (κ2) is 8.56. The number of rotatable bonds is 8. The van der Waals surface area contributed by atoms with Gasteiger partial charge in [0.1, 0.15) is 11.6 Å². The summed E-state index contributed by atoms with van der Waals surface area (Å²) in [5, 5.41) is 5.23. The number of benzene rings is 1. The Labute approximate surface area is 131 Å². The molecule has 0 unspecified atom stereocenters. The fraction of sp³-hybridized carbons (Fsp3) is 0.500. The van der Waals surface area contributed by atoms with Gasteiger partial charge in [-0.25, -0.2) is 4.39 Å². The molecule has 0 aliphatic carbocycles. The molecule has 0 saturated heterocycles. The van der Waals surface area contributed by atoms with Gasteiger partial charge in [0.05, 0.1) is 18.8 Å². The Balaban J connectivity index is 2.63. The van der Waals surface area contributed by atoms with Crippen LogP contribution in [0.1, 0.15) is 6.92 Å². The zero-order valence-corrected chi connectivity index (χ0v) is 12.7. The lowest BCUT2D eigenvalue weighted by Gasteiger charge is -2.16. The van der Waals surface area contributed by atoms with Crippen molar-refractivity contribution in [3.63, 3.8) is 0 Å². The van der Waals surface area contributed by atoms with Crippen LogP contribution in [0.2, 0.25) is 0 Å². The average molecular weight is 338 g/mol. The van der Waals surface area contributed by atoms with Crippen LogP contribution in [-0.2, 0) is 9.53 Å². The van der Waals surface area contributed by atoms with E-state index in [9.17, 15) is 22.4 Å². The third-order valence-electron chi connectivity index (χ3n) is 2.60. The van der Waals surface area contributed by atoms with E-state index in [1.54, 1.807) is 6.92 Å². The number of hydrogen-bond acceptors (Lipinski definition) is 4. The van der Waals surface area contributed by atoms with Crippen LogP contribution in [0.3, 0.4) is 0 Å². The van der Waals surface area contributed by atoms with Crippen molar-refractivity contribution in [1.29, 1.82) is 0 Å². The average Bonchev–Trinajstić information content (AvgIpc) is 2.43. The summed E-state index contributed by atoms with van der Waals surface area (Å²) in [4.78, 5) is 11.7. The van der Waals surface area contributed by atoms with Crippen LogP contribution in [0.25, 0.3) is 0 Å². The normalized spacial score (nSPS) is 12.6. The van der Waals surface area contributed by atoms with Gasteiger partial charge >= 0.3 is 6.18 Å². The number of ether oxygens (including phenoxy) is 2. The van der Waals surface area contributed by atoms with E-state index >= 15 is 0 Å². The van der Waals surface area contributed by atoms with Crippen LogP contribution in [0.4, 0.5) is 23.2 Å². The zero-order chi connectivity index (χ0) is 17.5. The molecule has 0 aliphatic heterocycles. The quantitative estimate of drug-likeness (QED) is 0.715. The Kier molecular flexibility index (Phi) is 7.08. The highest BCUT2D eigenvalue weighted by Crippen LogP contribution is 2.27. The number of carbonyl (C=O) groups excluding carboxylic acids is 1. The Hall–Kier alpha value is -2.03. The van der Waals surface area contributed by atoms with Gasteiger partial charge in [-0.3, -0.25) is 4.79 Å². The summed E-state index contributed by atoms with van der Waals surface area (Å²) in [5.74, 6) is -1.45. The van der Waals surface area contributed by atoms with Crippen molar-refractivity contribution in [3.05, 3.63) is 24.0 Å². The minimum Gasteiger partial charge on any atom is -0.482 e. The maximum atomic E-state index is 13.1. The van der Waals surface area contributed by atoms with Gasteiger partial charge in [-0.2, -0.15) is 13.2 Å². The third-order valence-corrected chi connectivity index (χ3v) is 2.60. The molecule has 0 fully saturated rings. The molecule has 1 rings (SSSR count).